The summed E-state index contributed by atoms with van der Waals surface area (Å²) >= 11 is 0. The number of likely N-dealkylation sites (N-methyl/N-ethyl adjacent to an activating group) is 2. The summed E-state index contributed by atoms with van der Waals surface area (Å²) in [5, 5.41) is 0. The third-order valence-corrected chi connectivity index (χ3v) is 2.85. The van der Waals surface area contributed by atoms with Crippen molar-refractivity contribution in [1.82, 2.24) is 14.9 Å². The number of aromatic nitrogens is 2. The summed E-state index contributed by atoms with van der Waals surface area (Å²) in [4.78, 5) is 23.9. The third kappa shape index (κ3) is 4.06. The van der Waals surface area contributed by atoms with E-state index in [9.17, 15) is 4.79 Å². The molecule has 0 aliphatic carbocycles. The minimum Gasteiger partial charge on any atom is -0.350 e. The molecule has 0 aliphatic heterocycles. The van der Waals surface area contributed by atoms with Crippen molar-refractivity contribution >= 4 is 17.7 Å². The molecule has 0 saturated heterocycles. The van der Waals surface area contributed by atoms with E-state index in [2.05, 4.69) is 15.4 Å². The number of aryl methyl sites for hydroxylation is 1. The molecule has 1 amide bonds. The van der Waals surface area contributed by atoms with Crippen LogP contribution in [0.2, 0.25) is 0 Å². The number of amides is 1. The second-order valence-corrected chi connectivity index (χ2v) is 4.26. The Hall–Kier alpha value is -1.89. The van der Waals surface area contributed by atoms with E-state index in [0.29, 0.717) is 24.9 Å². The Morgan fingerprint density at radius 1 is 1.37 bits per heavy atom. The maximum atomic E-state index is 12.0. The summed E-state index contributed by atoms with van der Waals surface area (Å²) in [5.74, 6) is 6.40. The highest BCUT2D eigenvalue weighted by Crippen LogP contribution is 2.12. The van der Waals surface area contributed by atoms with Crippen LogP contribution < -0.4 is 16.2 Å². The monoisotopic (exact) mass is 266 g/mol. The van der Waals surface area contributed by atoms with Crippen LogP contribution in [0.3, 0.4) is 0 Å². The molecule has 0 aromatic carbocycles. The van der Waals surface area contributed by atoms with Crippen LogP contribution in [0.5, 0.6) is 0 Å². The van der Waals surface area contributed by atoms with Crippen molar-refractivity contribution < 1.29 is 4.79 Å². The normalized spacial score (nSPS) is 10.2. The number of nitrogens with one attached hydrogen (secondary N) is 1. The quantitative estimate of drug-likeness (QED) is 0.571. The van der Waals surface area contributed by atoms with Crippen LogP contribution in [0.25, 0.3) is 0 Å². The van der Waals surface area contributed by atoms with E-state index in [-0.39, 0.29) is 12.5 Å². The van der Waals surface area contributed by atoms with Crippen molar-refractivity contribution in [3.8, 4) is 0 Å². The molecule has 0 atom stereocenters. The summed E-state index contributed by atoms with van der Waals surface area (Å²) < 4.78 is 0. The number of nitrogens with zero attached hydrogens (tertiary/aromatic N) is 4. The number of hydrogen-bond acceptors (Lipinski definition) is 6. The molecule has 7 heteroatoms. The van der Waals surface area contributed by atoms with Crippen LogP contribution in [0, 0.1) is 6.92 Å². The van der Waals surface area contributed by atoms with Gasteiger partial charge in [-0.1, -0.05) is 0 Å². The van der Waals surface area contributed by atoms with Crippen molar-refractivity contribution in [2.45, 2.75) is 20.8 Å². The minimum absolute atomic E-state index is 0.0750. The van der Waals surface area contributed by atoms with Gasteiger partial charge in [0.15, 0.2) is 0 Å². The highest BCUT2D eigenvalue weighted by atomic mass is 16.2. The van der Waals surface area contributed by atoms with Crippen LogP contribution in [0.4, 0.5) is 11.8 Å². The molecule has 1 heterocycles. The first-order valence-electron chi connectivity index (χ1n) is 6.33. The summed E-state index contributed by atoms with van der Waals surface area (Å²) in [5.41, 5.74) is 3.21. The van der Waals surface area contributed by atoms with Crippen LogP contribution in [-0.4, -0.2) is 47.5 Å². The predicted molar refractivity (Wildman–Crippen MR) is 75.8 cm³/mol. The molecular weight excluding hydrogens is 244 g/mol. The standard InChI is InChI=1S/C12H22N6O/c1-5-18(6-2)11(19)8-17(4)10-7-9(3)14-12(15-10)16-13/h7H,5-6,8,13H2,1-4H3,(H,14,15,16). The molecule has 0 unspecified atom stereocenters. The molecule has 3 N–H and O–H groups in total. The largest absolute Gasteiger partial charge is 0.350 e. The van der Waals surface area contributed by atoms with Crippen molar-refractivity contribution in [3.05, 3.63) is 11.8 Å². The predicted octanol–water partition coefficient (Wildman–Crippen LogP) is 0.375. The van der Waals surface area contributed by atoms with Gasteiger partial charge in [0.1, 0.15) is 5.82 Å². The number of carbonyl (C=O) groups excluding carboxylic acids is 1. The molecule has 0 aliphatic rings. The molecule has 19 heavy (non-hydrogen) atoms. The summed E-state index contributed by atoms with van der Waals surface area (Å²) in [6.45, 7) is 7.48. The minimum atomic E-state index is 0.0750. The Kier molecular flexibility index (Phi) is 5.50. The van der Waals surface area contributed by atoms with Gasteiger partial charge in [-0.25, -0.2) is 10.8 Å². The van der Waals surface area contributed by atoms with Crippen LogP contribution in [-0.2, 0) is 4.79 Å². The molecule has 0 spiro atoms. The Morgan fingerprint density at radius 2 is 2.00 bits per heavy atom. The van der Waals surface area contributed by atoms with Gasteiger partial charge in [-0.15, -0.1) is 0 Å². The zero-order valence-electron chi connectivity index (χ0n) is 12.0. The number of rotatable bonds is 6. The summed E-state index contributed by atoms with van der Waals surface area (Å²) in [7, 11) is 1.82. The van der Waals surface area contributed by atoms with E-state index >= 15 is 0 Å². The van der Waals surface area contributed by atoms with Gasteiger partial charge in [0.05, 0.1) is 6.54 Å². The van der Waals surface area contributed by atoms with Gasteiger partial charge in [-0.2, -0.15) is 4.98 Å². The van der Waals surface area contributed by atoms with Crippen LogP contribution in [0.15, 0.2) is 6.07 Å². The highest BCUT2D eigenvalue weighted by Gasteiger charge is 2.14. The number of carbonyl (C=O) groups is 1. The lowest BCUT2D eigenvalue weighted by Gasteiger charge is -2.24. The van der Waals surface area contributed by atoms with Crippen LogP contribution >= 0.6 is 0 Å². The van der Waals surface area contributed by atoms with Crippen molar-refractivity contribution in [2.75, 3.05) is 37.0 Å². The van der Waals surface area contributed by atoms with Crippen molar-refractivity contribution in [2.24, 2.45) is 5.84 Å². The number of hydrogen-bond donors (Lipinski definition) is 2. The maximum Gasteiger partial charge on any atom is 0.242 e. The molecular formula is C12H22N6O. The first kappa shape index (κ1) is 15.2. The molecule has 1 aromatic rings. The van der Waals surface area contributed by atoms with Crippen molar-refractivity contribution in [1.29, 1.82) is 0 Å². The highest BCUT2D eigenvalue weighted by molar-refractivity contribution is 5.81. The number of anilines is 2. The average Bonchev–Trinajstić information content (AvgIpc) is 2.39. The first-order valence-corrected chi connectivity index (χ1v) is 6.33. The lowest BCUT2D eigenvalue weighted by Crippen LogP contribution is -2.39. The fourth-order valence-corrected chi connectivity index (χ4v) is 1.77. The van der Waals surface area contributed by atoms with E-state index in [1.807, 2.05) is 33.9 Å². The molecule has 106 valence electrons. The Labute approximate surface area is 113 Å². The van der Waals surface area contributed by atoms with E-state index in [0.717, 1.165) is 5.69 Å². The van der Waals surface area contributed by atoms with Gasteiger partial charge in [0, 0.05) is 31.9 Å². The molecule has 1 rings (SSSR count). The zero-order valence-corrected chi connectivity index (χ0v) is 12.0. The van der Waals surface area contributed by atoms with Gasteiger partial charge < -0.3 is 9.80 Å². The SMILES string of the molecule is CCN(CC)C(=O)CN(C)c1cc(C)nc(NN)n1. The number of hydrazine groups is 1. The number of nitrogen functional groups attached to an aromatic ring is 1. The second kappa shape index (κ2) is 6.89. The molecule has 0 bridgehead atoms. The maximum absolute atomic E-state index is 12.0. The van der Waals surface area contributed by atoms with Gasteiger partial charge in [-0.3, -0.25) is 10.2 Å². The second-order valence-electron chi connectivity index (χ2n) is 4.26. The van der Waals surface area contributed by atoms with Gasteiger partial charge in [0.2, 0.25) is 11.9 Å². The van der Waals surface area contributed by atoms with Crippen LogP contribution in [0.1, 0.15) is 19.5 Å². The van der Waals surface area contributed by atoms with Gasteiger partial charge in [-0.05, 0) is 20.8 Å². The zero-order chi connectivity index (χ0) is 14.4. The molecule has 1 aromatic heterocycles. The Balaban J connectivity index is 2.80. The van der Waals surface area contributed by atoms with E-state index in [4.69, 9.17) is 5.84 Å². The van der Waals surface area contributed by atoms with Gasteiger partial charge in [0.25, 0.3) is 0 Å². The Morgan fingerprint density at radius 3 is 2.53 bits per heavy atom. The average molecular weight is 266 g/mol. The fraction of sp³-hybridized carbons (Fsp3) is 0.583. The van der Waals surface area contributed by atoms with E-state index in [1.165, 1.54) is 0 Å². The topological polar surface area (TPSA) is 87.4 Å². The lowest BCUT2D eigenvalue weighted by atomic mass is 10.3. The molecule has 7 nitrogen and oxygen atoms in total. The lowest BCUT2D eigenvalue weighted by molar-refractivity contribution is -0.129. The molecule has 0 radical (unpaired) electrons. The van der Waals surface area contributed by atoms with E-state index in [1.54, 1.807) is 9.80 Å². The van der Waals surface area contributed by atoms with Gasteiger partial charge >= 0.3 is 0 Å². The fourth-order valence-electron chi connectivity index (χ4n) is 1.77. The van der Waals surface area contributed by atoms with E-state index < -0.39 is 0 Å². The van der Waals surface area contributed by atoms with Crippen molar-refractivity contribution in [3.63, 3.8) is 0 Å². The summed E-state index contributed by atoms with van der Waals surface area (Å²) in [6, 6.07) is 1.82. The smallest absolute Gasteiger partial charge is 0.242 e. The molecule has 0 saturated carbocycles. The third-order valence-electron chi connectivity index (χ3n) is 2.85. The molecule has 0 fully saturated rings. The summed E-state index contributed by atoms with van der Waals surface area (Å²) in [6.07, 6.45) is 0. The first-order chi connectivity index (χ1) is 9.01. The number of nitrogens with two attached hydrogens (primary N) is 1. The Bertz CT molecular complexity index is 432.